The van der Waals surface area contributed by atoms with Gasteiger partial charge >= 0.3 is 0 Å². The third-order valence-electron chi connectivity index (χ3n) is 1.95. The Balaban J connectivity index is 1.98. The van der Waals surface area contributed by atoms with Gasteiger partial charge in [0.25, 0.3) is 5.91 Å². The summed E-state index contributed by atoms with van der Waals surface area (Å²) in [6.07, 6.45) is 4.50. The molecule has 0 spiro atoms. The Morgan fingerprint density at radius 2 is 2.44 bits per heavy atom. The fourth-order valence-corrected chi connectivity index (χ4v) is 1.86. The highest BCUT2D eigenvalue weighted by molar-refractivity contribution is 14.1. The first-order valence-electron chi connectivity index (χ1n) is 4.85. The summed E-state index contributed by atoms with van der Waals surface area (Å²) in [5.74, 6) is 0.234. The largest absolute Gasteiger partial charge is 0.448 e. The van der Waals surface area contributed by atoms with Crippen LogP contribution in [0.5, 0.6) is 0 Å². The molecule has 18 heavy (non-hydrogen) atoms. The van der Waals surface area contributed by atoms with Crippen molar-refractivity contribution in [2.75, 3.05) is 0 Å². The van der Waals surface area contributed by atoms with Crippen LogP contribution in [0.1, 0.15) is 16.1 Å². The van der Waals surface area contributed by atoms with Crippen molar-refractivity contribution in [1.29, 1.82) is 0 Å². The number of hydrazone groups is 1. The maximum atomic E-state index is 11.6. The molecule has 5 nitrogen and oxygen atoms in total. The van der Waals surface area contributed by atoms with Crippen LogP contribution in [0.25, 0.3) is 0 Å². The van der Waals surface area contributed by atoms with E-state index in [0.717, 1.165) is 8.24 Å². The maximum absolute atomic E-state index is 11.6. The van der Waals surface area contributed by atoms with Gasteiger partial charge in [0.15, 0.2) is 3.77 Å². The molecule has 1 N–H and O–H groups in total. The van der Waals surface area contributed by atoms with Crippen LogP contribution >= 0.6 is 38.5 Å². The van der Waals surface area contributed by atoms with E-state index in [2.05, 4.69) is 31.4 Å². The molecular formula is C11H7BrIN3O2. The highest BCUT2D eigenvalue weighted by Crippen LogP contribution is 2.21. The zero-order valence-electron chi connectivity index (χ0n) is 8.93. The van der Waals surface area contributed by atoms with E-state index in [4.69, 9.17) is 4.42 Å². The van der Waals surface area contributed by atoms with E-state index >= 15 is 0 Å². The Kier molecular flexibility index (Phi) is 4.48. The normalized spacial score (nSPS) is 10.8. The van der Waals surface area contributed by atoms with Crippen LogP contribution in [0.15, 0.2) is 44.6 Å². The highest BCUT2D eigenvalue weighted by Gasteiger charge is 2.05. The van der Waals surface area contributed by atoms with Gasteiger partial charge < -0.3 is 4.42 Å². The van der Waals surface area contributed by atoms with Crippen molar-refractivity contribution in [1.82, 2.24) is 10.4 Å². The van der Waals surface area contributed by atoms with Crippen LogP contribution in [0.3, 0.4) is 0 Å². The Bertz CT molecular complexity index is 564. The molecule has 2 aromatic heterocycles. The number of hydrogen-bond donors (Lipinski definition) is 1. The summed E-state index contributed by atoms with van der Waals surface area (Å²) < 4.78 is 6.91. The predicted molar refractivity (Wildman–Crippen MR) is 78.4 cm³/mol. The minimum absolute atomic E-state index is 0.320. The molecule has 0 atom stereocenters. The van der Waals surface area contributed by atoms with E-state index in [-0.39, 0.29) is 5.91 Å². The van der Waals surface area contributed by atoms with Gasteiger partial charge in [-0.25, -0.2) is 5.43 Å². The summed E-state index contributed by atoms with van der Waals surface area (Å²) in [6, 6.07) is 5.11. The molecule has 0 fully saturated rings. The predicted octanol–water partition coefficient (Wildman–Crippen LogP) is 2.81. The maximum Gasteiger partial charge on any atom is 0.272 e. The Morgan fingerprint density at radius 3 is 3.06 bits per heavy atom. The van der Waals surface area contributed by atoms with Crippen molar-refractivity contribution in [3.8, 4) is 0 Å². The number of furan rings is 1. The number of pyridine rings is 1. The first-order chi connectivity index (χ1) is 8.66. The molecule has 2 heterocycles. The molecule has 92 valence electrons. The summed E-state index contributed by atoms with van der Waals surface area (Å²) >= 11 is 5.36. The molecule has 0 saturated heterocycles. The second kappa shape index (κ2) is 6.10. The second-order valence-corrected chi connectivity index (χ2v) is 5.05. The SMILES string of the molecule is O=C(N/N=C/c1cc(Br)c(I)o1)c1cccnc1. The summed E-state index contributed by atoms with van der Waals surface area (Å²) in [4.78, 5) is 15.4. The van der Waals surface area contributed by atoms with E-state index in [1.807, 2.05) is 22.6 Å². The smallest absolute Gasteiger partial charge is 0.272 e. The molecule has 0 aliphatic heterocycles. The average molecular weight is 420 g/mol. The first kappa shape index (κ1) is 13.2. The number of hydrogen-bond acceptors (Lipinski definition) is 4. The van der Waals surface area contributed by atoms with Gasteiger partial charge in [0, 0.05) is 41.1 Å². The summed E-state index contributed by atoms with van der Waals surface area (Å²) in [6.45, 7) is 0. The Labute approximate surface area is 125 Å². The standard InChI is InChI=1S/C11H7BrIN3O2/c12-9-4-8(18-10(9)13)6-15-16-11(17)7-2-1-3-14-5-7/h1-6H,(H,16,17)/b15-6+. The van der Waals surface area contributed by atoms with Crippen molar-refractivity contribution in [2.24, 2.45) is 5.10 Å². The number of carbonyl (C=O) groups excluding carboxylic acids is 1. The molecule has 1 amide bonds. The molecule has 0 unspecified atom stereocenters. The molecule has 0 aliphatic carbocycles. The van der Waals surface area contributed by atoms with Gasteiger partial charge in [0.1, 0.15) is 5.76 Å². The van der Waals surface area contributed by atoms with Crippen LogP contribution in [0, 0.1) is 3.77 Å². The van der Waals surface area contributed by atoms with Gasteiger partial charge in [0.2, 0.25) is 0 Å². The number of amides is 1. The number of carbonyl (C=O) groups is 1. The van der Waals surface area contributed by atoms with Crippen molar-refractivity contribution in [3.63, 3.8) is 0 Å². The van der Waals surface area contributed by atoms with Gasteiger partial charge in [-0.15, -0.1) is 0 Å². The summed E-state index contributed by atoms with van der Waals surface area (Å²) in [7, 11) is 0. The van der Waals surface area contributed by atoms with Crippen LogP contribution in [-0.4, -0.2) is 17.1 Å². The lowest BCUT2D eigenvalue weighted by atomic mass is 10.3. The fraction of sp³-hybridized carbons (Fsp3) is 0. The van der Waals surface area contributed by atoms with E-state index in [0.29, 0.717) is 11.3 Å². The van der Waals surface area contributed by atoms with Crippen LogP contribution in [0.4, 0.5) is 0 Å². The van der Waals surface area contributed by atoms with Crippen LogP contribution in [-0.2, 0) is 0 Å². The lowest BCUT2D eigenvalue weighted by molar-refractivity contribution is 0.0955. The monoisotopic (exact) mass is 419 g/mol. The third kappa shape index (κ3) is 3.39. The number of nitrogens with one attached hydrogen (secondary N) is 1. The molecule has 0 bridgehead atoms. The molecule has 0 aromatic carbocycles. The minimum atomic E-state index is -0.320. The van der Waals surface area contributed by atoms with Gasteiger partial charge in [-0.2, -0.15) is 5.10 Å². The van der Waals surface area contributed by atoms with E-state index < -0.39 is 0 Å². The van der Waals surface area contributed by atoms with E-state index in [1.165, 1.54) is 12.4 Å². The van der Waals surface area contributed by atoms with Crippen molar-refractivity contribution in [3.05, 3.63) is 50.2 Å². The quantitative estimate of drug-likeness (QED) is 0.472. The van der Waals surface area contributed by atoms with Crippen LogP contribution < -0.4 is 5.43 Å². The van der Waals surface area contributed by atoms with Crippen LogP contribution in [0.2, 0.25) is 0 Å². The molecule has 2 rings (SSSR count). The fourth-order valence-electron chi connectivity index (χ4n) is 1.14. The highest BCUT2D eigenvalue weighted by atomic mass is 127. The molecule has 0 aliphatic rings. The zero-order valence-corrected chi connectivity index (χ0v) is 12.7. The second-order valence-electron chi connectivity index (χ2n) is 3.21. The number of aromatic nitrogens is 1. The number of halogens is 2. The van der Waals surface area contributed by atoms with Gasteiger partial charge in [0.05, 0.1) is 16.3 Å². The lowest BCUT2D eigenvalue weighted by Crippen LogP contribution is -2.17. The first-order valence-corrected chi connectivity index (χ1v) is 6.72. The lowest BCUT2D eigenvalue weighted by Gasteiger charge is -1.97. The van der Waals surface area contributed by atoms with Crippen molar-refractivity contribution >= 4 is 50.6 Å². The average Bonchev–Trinajstić information content (AvgIpc) is 2.69. The topological polar surface area (TPSA) is 67.5 Å². The molecule has 0 saturated carbocycles. The Hall–Kier alpha value is -1.22. The third-order valence-corrected chi connectivity index (χ3v) is 4.08. The summed E-state index contributed by atoms with van der Waals surface area (Å²) in [5.41, 5.74) is 2.84. The van der Waals surface area contributed by atoms with E-state index in [1.54, 1.807) is 24.4 Å². The Morgan fingerprint density at radius 1 is 1.61 bits per heavy atom. The molecule has 0 radical (unpaired) electrons. The minimum Gasteiger partial charge on any atom is -0.448 e. The van der Waals surface area contributed by atoms with Crippen molar-refractivity contribution < 1.29 is 9.21 Å². The molecular weight excluding hydrogens is 413 g/mol. The van der Waals surface area contributed by atoms with Gasteiger partial charge in [-0.3, -0.25) is 9.78 Å². The van der Waals surface area contributed by atoms with Gasteiger partial charge in [-0.05, 0) is 28.1 Å². The van der Waals surface area contributed by atoms with Gasteiger partial charge in [-0.1, -0.05) is 0 Å². The summed E-state index contributed by atoms with van der Waals surface area (Å²) in [5, 5.41) is 3.80. The number of rotatable bonds is 3. The number of nitrogens with zero attached hydrogens (tertiary/aromatic N) is 2. The molecule has 7 heteroatoms. The van der Waals surface area contributed by atoms with E-state index in [9.17, 15) is 4.79 Å². The zero-order chi connectivity index (χ0) is 13.0. The molecule has 2 aromatic rings. The van der Waals surface area contributed by atoms with Crippen molar-refractivity contribution in [2.45, 2.75) is 0 Å².